The Morgan fingerprint density at radius 1 is 1.11 bits per heavy atom. The average Bonchev–Trinajstić information content (AvgIpc) is 2.73. The number of likely N-dealkylation sites (tertiary alicyclic amines) is 1. The number of hydrogen-bond acceptors (Lipinski definition) is 3. The van der Waals surface area contributed by atoms with E-state index >= 15 is 0 Å². The van der Waals surface area contributed by atoms with E-state index in [1.54, 1.807) is 0 Å². The van der Waals surface area contributed by atoms with Crippen LogP contribution in [0.3, 0.4) is 0 Å². The summed E-state index contributed by atoms with van der Waals surface area (Å²) < 4.78 is 5.98. The van der Waals surface area contributed by atoms with E-state index in [0.717, 1.165) is 31.4 Å². The molecule has 28 heavy (non-hydrogen) atoms. The van der Waals surface area contributed by atoms with Crippen molar-refractivity contribution in [1.29, 1.82) is 0 Å². The summed E-state index contributed by atoms with van der Waals surface area (Å²) in [7, 11) is 0. The summed E-state index contributed by atoms with van der Waals surface area (Å²) in [4.78, 5) is 27.0. The van der Waals surface area contributed by atoms with Crippen molar-refractivity contribution in [3.8, 4) is 0 Å². The lowest BCUT2D eigenvalue weighted by molar-refractivity contribution is -0.135. The number of ether oxygens (including phenoxy) is 1. The highest BCUT2D eigenvalue weighted by Gasteiger charge is 2.28. The number of carbonyl (C=O) groups excluding carboxylic acids is 2. The number of piperidine rings is 1. The van der Waals surface area contributed by atoms with Crippen molar-refractivity contribution in [3.05, 3.63) is 35.9 Å². The first-order chi connectivity index (χ1) is 13.6. The van der Waals surface area contributed by atoms with Gasteiger partial charge in [0.15, 0.2) is 0 Å². The van der Waals surface area contributed by atoms with Gasteiger partial charge in [-0.15, -0.1) is 0 Å². The molecule has 1 aliphatic carbocycles. The second-order valence-electron chi connectivity index (χ2n) is 8.30. The molecule has 0 bridgehead atoms. The molecule has 2 amide bonds. The maximum absolute atomic E-state index is 12.6. The first-order valence-corrected chi connectivity index (χ1v) is 10.8. The molecular formula is C23H34N2O3. The van der Waals surface area contributed by atoms with Crippen molar-refractivity contribution in [1.82, 2.24) is 10.2 Å². The van der Waals surface area contributed by atoms with Crippen LogP contribution in [0.5, 0.6) is 0 Å². The van der Waals surface area contributed by atoms with Crippen LogP contribution >= 0.6 is 0 Å². The van der Waals surface area contributed by atoms with Crippen molar-refractivity contribution in [2.75, 3.05) is 26.2 Å². The molecule has 1 saturated heterocycles. The summed E-state index contributed by atoms with van der Waals surface area (Å²) in [5.41, 5.74) is 1.02. The Balaban J connectivity index is 1.38. The van der Waals surface area contributed by atoms with Crippen molar-refractivity contribution in [3.63, 3.8) is 0 Å². The largest absolute Gasteiger partial charge is 0.376 e. The zero-order valence-electron chi connectivity index (χ0n) is 17.1. The maximum atomic E-state index is 12.6. The van der Waals surface area contributed by atoms with Gasteiger partial charge in [0, 0.05) is 19.6 Å². The molecule has 0 aromatic heterocycles. The third kappa shape index (κ3) is 6.06. The molecule has 3 atom stereocenters. The minimum Gasteiger partial charge on any atom is -0.376 e. The van der Waals surface area contributed by atoms with E-state index in [-0.39, 0.29) is 17.7 Å². The number of benzene rings is 1. The number of nitrogens with one attached hydrogen (secondary N) is 1. The highest BCUT2D eigenvalue weighted by Crippen LogP contribution is 2.26. The van der Waals surface area contributed by atoms with Crippen LogP contribution in [0.25, 0.3) is 0 Å². The standard InChI is InChI=1S/C23H34N2O3/c1-18-8-5-6-12-21(18)28-15-13-24-23(27)20-11-7-14-25(17-20)22(26)16-19-9-3-2-4-10-19/h2-4,9-10,18,20-21H,5-8,11-17H2,1H3,(H,24,27). The number of rotatable bonds is 7. The molecule has 5 nitrogen and oxygen atoms in total. The summed E-state index contributed by atoms with van der Waals surface area (Å²) >= 11 is 0. The Morgan fingerprint density at radius 3 is 2.68 bits per heavy atom. The summed E-state index contributed by atoms with van der Waals surface area (Å²) in [6, 6.07) is 9.79. The Kier molecular flexibility index (Phi) is 7.90. The van der Waals surface area contributed by atoms with Crippen LogP contribution in [0.15, 0.2) is 30.3 Å². The molecule has 1 aromatic rings. The fourth-order valence-electron chi connectivity index (χ4n) is 4.36. The first kappa shape index (κ1) is 20.8. The van der Waals surface area contributed by atoms with E-state index in [1.165, 1.54) is 19.3 Å². The molecule has 1 aliphatic heterocycles. The normalized spacial score (nSPS) is 25.3. The fraction of sp³-hybridized carbons (Fsp3) is 0.652. The predicted octanol–water partition coefficient (Wildman–Crippen LogP) is 3.18. The van der Waals surface area contributed by atoms with Gasteiger partial charge in [-0.3, -0.25) is 9.59 Å². The van der Waals surface area contributed by atoms with Gasteiger partial charge in [-0.25, -0.2) is 0 Å². The molecule has 0 radical (unpaired) electrons. The van der Waals surface area contributed by atoms with Gasteiger partial charge >= 0.3 is 0 Å². The predicted molar refractivity (Wildman–Crippen MR) is 110 cm³/mol. The minimum absolute atomic E-state index is 0.0532. The number of nitrogens with zero attached hydrogens (tertiary/aromatic N) is 1. The number of hydrogen-bond donors (Lipinski definition) is 1. The van der Waals surface area contributed by atoms with E-state index < -0.39 is 0 Å². The van der Waals surface area contributed by atoms with Crippen LogP contribution in [-0.4, -0.2) is 49.1 Å². The second-order valence-corrected chi connectivity index (χ2v) is 8.30. The van der Waals surface area contributed by atoms with Gasteiger partial charge in [0.1, 0.15) is 0 Å². The van der Waals surface area contributed by atoms with Gasteiger partial charge in [0.25, 0.3) is 0 Å². The van der Waals surface area contributed by atoms with Crippen LogP contribution < -0.4 is 5.32 Å². The van der Waals surface area contributed by atoms with Crippen molar-refractivity contribution < 1.29 is 14.3 Å². The van der Waals surface area contributed by atoms with E-state index in [2.05, 4.69) is 12.2 Å². The van der Waals surface area contributed by atoms with Gasteiger partial charge in [-0.1, -0.05) is 50.1 Å². The zero-order chi connectivity index (χ0) is 19.8. The molecule has 1 N–H and O–H groups in total. The first-order valence-electron chi connectivity index (χ1n) is 10.8. The van der Waals surface area contributed by atoms with Gasteiger partial charge in [0.05, 0.1) is 25.0 Å². The molecule has 1 aromatic carbocycles. The average molecular weight is 387 g/mol. The lowest BCUT2D eigenvalue weighted by Gasteiger charge is -2.32. The third-order valence-electron chi connectivity index (χ3n) is 6.11. The Hall–Kier alpha value is -1.88. The molecule has 5 heteroatoms. The second kappa shape index (κ2) is 10.6. The molecule has 3 rings (SSSR count). The van der Waals surface area contributed by atoms with E-state index in [9.17, 15) is 9.59 Å². The summed E-state index contributed by atoms with van der Waals surface area (Å²) in [5, 5.41) is 3.01. The van der Waals surface area contributed by atoms with Crippen molar-refractivity contribution in [2.45, 2.75) is 58.0 Å². The molecule has 1 saturated carbocycles. The smallest absolute Gasteiger partial charge is 0.227 e. The monoisotopic (exact) mass is 386 g/mol. The van der Waals surface area contributed by atoms with Gasteiger partial charge < -0.3 is 15.0 Å². The summed E-state index contributed by atoms with van der Waals surface area (Å²) in [6.45, 7) is 4.66. The summed E-state index contributed by atoms with van der Waals surface area (Å²) in [6.07, 6.45) is 7.40. The fourth-order valence-corrected chi connectivity index (χ4v) is 4.36. The van der Waals surface area contributed by atoms with Crippen LogP contribution in [0.2, 0.25) is 0 Å². The highest BCUT2D eigenvalue weighted by atomic mass is 16.5. The van der Waals surface area contributed by atoms with Crippen molar-refractivity contribution in [2.24, 2.45) is 11.8 Å². The Labute approximate surface area is 168 Å². The van der Waals surface area contributed by atoms with Crippen LogP contribution in [-0.2, 0) is 20.7 Å². The lowest BCUT2D eigenvalue weighted by Crippen LogP contribution is -2.46. The quantitative estimate of drug-likeness (QED) is 0.732. The molecule has 3 unspecified atom stereocenters. The third-order valence-corrected chi connectivity index (χ3v) is 6.11. The molecule has 1 heterocycles. The van der Waals surface area contributed by atoms with Crippen LogP contribution in [0.4, 0.5) is 0 Å². The Morgan fingerprint density at radius 2 is 1.89 bits per heavy atom. The van der Waals surface area contributed by atoms with Crippen LogP contribution in [0.1, 0.15) is 51.0 Å². The highest BCUT2D eigenvalue weighted by molar-refractivity contribution is 5.82. The molecule has 2 fully saturated rings. The molecule has 154 valence electrons. The topological polar surface area (TPSA) is 58.6 Å². The SMILES string of the molecule is CC1CCCCC1OCCNC(=O)C1CCCN(C(=O)Cc2ccccc2)C1. The maximum Gasteiger partial charge on any atom is 0.227 e. The van der Waals surface area contributed by atoms with E-state index in [1.807, 2.05) is 35.2 Å². The minimum atomic E-state index is -0.109. The number of amides is 2. The molecule has 0 spiro atoms. The zero-order valence-corrected chi connectivity index (χ0v) is 17.1. The van der Waals surface area contributed by atoms with E-state index in [0.29, 0.717) is 38.1 Å². The Bertz CT molecular complexity index is 634. The van der Waals surface area contributed by atoms with E-state index in [4.69, 9.17) is 4.74 Å². The van der Waals surface area contributed by atoms with Crippen molar-refractivity contribution >= 4 is 11.8 Å². The summed E-state index contributed by atoms with van der Waals surface area (Å²) in [5.74, 6) is 0.671. The molecule has 2 aliphatic rings. The van der Waals surface area contributed by atoms with Gasteiger partial charge in [-0.2, -0.15) is 0 Å². The van der Waals surface area contributed by atoms with Gasteiger partial charge in [-0.05, 0) is 37.2 Å². The van der Waals surface area contributed by atoms with Crippen LogP contribution in [0, 0.1) is 11.8 Å². The van der Waals surface area contributed by atoms with Gasteiger partial charge in [0.2, 0.25) is 11.8 Å². The molecular weight excluding hydrogens is 352 g/mol. The number of carbonyl (C=O) groups is 2. The lowest BCUT2D eigenvalue weighted by atomic mass is 9.88.